The molecule has 1 aliphatic carbocycles. The van der Waals surface area contributed by atoms with Gasteiger partial charge in [0.1, 0.15) is 12.1 Å². The Labute approximate surface area is 202 Å². The van der Waals surface area contributed by atoms with Crippen LogP contribution in [-0.2, 0) is 19.1 Å². The van der Waals surface area contributed by atoms with Crippen LogP contribution in [-0.4, -0.2) is 104 Å². The molecule has 10 nitrogen and oxygen atoms in total. The van der Waals surface area contributed by atoms with E-state index in [9.17, 15) is 19.2 Å². The van der Waals surface area contributed by atoms with Gasteiger partial charge >= 0.3 is 6.03 Å². The maximum Gasteiger partial charge on any atom is 0.325 e. The number of rotatable bonds is 8. The predicted molar refractivity (Wildman–Crippen MR) is 127 cm³/mol. The maximum absolute atomic E-state index is 13.2. The summed E-state index contributed by atoms with van der Waals surface area (Å²) >= 11 is 0. The van der Waals surface area contributed by atoms with Crippen LogP contribution in [0.25, 0.3) is 0 Å². The van der Waals surface area contributed by atoms with Gasteiger partial charge in [-0.2, -0.15) is 0 Å². The van der Waals surface area contributed by atoms with Crippen molar-refractivity contribution in [2.45, 2.75) is 58.4 Å². The van der Waals surface area contributed by atoms with Crippen molar-refractivity contribution < 1.29 is 23.9 Å². The van der Waals surface area contributed by atoms with Gasteiger partial charge in [-0.25, -0.2) is 4.79 Å². The van der Waals surface area contributed by atoms with Gasteiger partial charge in [0.2, 0.25) is 11.8 Å². The first-order valence-corrected chi connectivity index (χ1v) is 12.5. The fourth-order valence-electron chi connectivity index (χ4n) is 5.23. The van der Waals surface area contributed by atoms with E-state index in [0.29, 0.717) is 64.6 Å². The Hall–Kier alpha value is -2.20. The third-order valence-electron chi connectivity index (χ3n) is 7.54. The van der Waals surface area contributed by atoms with E-state index in [-0.39, 0.29) is 29.7 Å². The average molecular weight is 480 g/mol. The molecule has 2 heterocycles. The molecule has 3 fully saturated rings. The monoisotopic (exact) mass is 479 g/mol. The number of ether oxygens (including phenoxy) is 1. The molecule has 2 N–H and O–H groups in total. The first-order chi connectivity index (χ1) is 16.1. The summed E-state index contributed by atoms with van der Waals surface area (Å²) in [6.07, 6.45) is 3.79. The lowest BCUT2D eigenvalue weighted by molar-refractivity contribution is -0.141. The van der Waals surface area contributed by atoms with Gasteiger partial charge in [-0.05, 0) is 43.4 Å². The van der Waals surface area contributed by atoms with Crippen LogP contribution in [0.5, 0.6) is 0 Å². The van der Waals surface area contributed by atoms with Crippen molar-refractivity contribution in [2.24, 2.45) is 11.3 Å². The number of amides is 5. The summed E-state index contributed by atoms with van der Waals surface area (Å²) in [6, 6.07) is -0.462. The Kier molecular flexibility index (Phi) is 8.57. The van der Waals surface area contributed by atoms with Crippen LogP contribution in [0, 0.1) is 11.3 Å². The largest absolute Gasteiger partial charge is 0.385 e. The van der Waals surface area contributed by atoms with E-state index in [0.717, 1.165) is 24.2 Å². The van der Waals surface area contributed by atoms with Gasteiger partial charge in [-0.3, -0.25) is 24.2 Å². The zero-order valence-corrected chi connectivity index (χ0v) is 21.2. The average Bonchev–Trinajstić information content (AvgIpc) is 3.00. The quantitative estimate of drug-likeness (QED) is 0.394. The van der Waals surface area contributed by atoms with Crippen LogP contribution < -0.4 is 10.6 Å². The molecule has 0 unspecified atom stereocenters. The highest BCUT2D eigenvalue weighted by molar-refractivity contribution is 6.09. The Morgan fingerprint density at radius 3 is 2.32 bits per heavy atom. The van der Waals surface area contributed by atoms with E-state index in [1.165, 1.54) is 0 Å². The Bertz CT molecular complexity index is 764. The molecule has 0 aromatic carbocycles. The fraction of sp³-hybridized carbons (Fsp3) is 0.833. The van der Waals surface area contributed by atoms with Gasteiger partial charge < -0.3 is 20.3 Å². The summed E-state index contributed by atoms with van der Waals surface area (Å²) in [6.45, 7) is 9.99. The van der Waals surface area contributed by atoms with Crippen LogP contribution in [0.3, 0.4) is 0 Å². The molecule has 10 heteroatoms. The summed E-state index contributed by atoms with van der Waals surface area (Å²) in [5, 5.41) is 5.77. The highest BCUT2D eigenvalue weighted by Gasteiger charge is 2.53. The molecule has 0 aromatic heterocycles. The molecule has 1 spiro atoms. The summed E-state index contributed by atoms with van der Waals surface area (Å²) in [5.74, 6) is -0.0153. The highest BCUT2D eigenvalue weighted by atomic mass is 16.5. The van der Waals surface area contributed by atoms with Gasteiger partial charge in [-0.1, -0.05) is 20.8 Å². The van der Waals surface area contributed by atoms with Crippen molar-refractivity contribution >= 4 is 23.8 Å². The van der Waals surface area contributed by atoms with Gasteiger partial charge in [-0.15, -0.1) is 0 Å². The zero-order chi connectivity index (χ0) is 24.9. The molecule has 1 saturated carbocycles. The number of methoxy groups -OCH3 is 1. The minimum absolute atomic E-state index is 0.0401. The smallest absolute Gasteiger partial charge is 0.325 e. The molecule has 0 aromatic rings. The molecule has 2 saturated heterocycles. The zero-order valence-electron chi connectivity index (χ0n) is 21.2. The second-order valence-electron chi connectivity index (χ2n) is 10.9. The summed E-state index contributed by atoms with van der Waals surface area (Å²) in [5.41, 5.74) is -0.676. The normalized spacial score (nSPS) is 26.2. The van der Waals surface area contributed by atoms with E-state index in [1.54, 1.807) is 12.0 Å². The van der Waals surface area contributed by atoms with Crippen LogP contribution >= 0.6 is 0 Å². The van der Waals surface area contributed by atoms with E-state index >= 15 is 0 Å². The van der Waals surface area contributed by atoms with Crippen molar-refractivity contribution in [2.75, 3.05) is 59.5 Å². The van der Waals surface area contributed by atoms with Gasteiger partial charge in [0.25, 0.3) is 5.91 Å². The van der Waals surface area contributed by atoms with Crippen molar-refractivity contribution in [1.82, 2.24) is 25.3 Å². The van der Waals surface area contributed by atoms with E-state index < -0.39 is 11.6 Å². The molecular weight excluding hydrogens is 438 g/mol. The fourth-order valence-corrected chi connectivity index (χ4v) is 5.23. The van der Waals surface area contributed by atoms with Crippen LogP contribution in [0.15, 0.2) is 0 Å². The summed E-state index contributed by atoms with van der Waals surface area (Å²) < 4.78 is 4.97. The minimum atomic E-state index is -0.853. The van der Waals surface area contributed by atoms with E-state index in [2.05, 4.69) is 31.4 Å². The lowest BCUT2D eigenvalue weighted by atomic mass is 9.67. The molecule has 0 radical (unpaired) electrons. The lowest BCUT2D eigenvalue weighted by Gasteiger charge is -2.40. The number of nitrogens with one attached hydrogen (secondary N) is 2. The Morgan fingerprint density at radius 1 is 1.09 bits per heavy atom. The standard InChI is InChI=1S/C24H41N5O5/c1-23(2,3)18-6-8-24(9-7-18)21(32)29(22(33)26-24)17-20(31)28-13-11-27(12-14-28)16-19(30)25-10-5-15-34-4/h18H,5-17H2,1-4H3,(H,25,30)(H,26,33). The van der Waals surface area contributed by atoms with Gasteiger partial charge in [0.15, 0.2) is 0 Å². The number of carbonyl (C=O) groups excluding carboxylic acids is 4. The molecule has 3 aliphatic rings. The number of hydrogen-bond acceptors (Lipinski definition) is 6. The summed E-state index contributed by atoms with van der Waals surface area (Å²) in [7, 11) is 1.63. The lowest BCUT2D eigenvalue weighted by Crippen LogP contribution is -2.54. The minimum Gasteiger partial charge on any atom is -0.385 e. The number of nitrogens with zero attached hydrogens (tertiary/aromatic N) is 3. The molecular formula is C24H41N5O5. The third kappa shape index (κ3) is 6.27. The molecule has 3 rings (SSSR count). The molecule has 2 aliphatic heterocycles. The predicted octanol–water partition coefficient (Wildman–Crippen LogP) is 0.810. The first-order valence-electron chi connectivity index (χ1n) is 12.5. The van der Waals surface area contributed by atoms with Crippen molar-refractivity contribution in [1.29, 1.82) is 0 Å². The third-order valence-corrected chi connectivity index (χ3v) is 7.54. The van der Waals surface area contributed by atoms with Crippen molar-refractivity contribution in [3.63, 3.8) is 0 Å². The molecule has 5 amide bonds. The number of imide groups is 1. The second-order valence-corrected chi connectivity index (χ2v) is 10.9. The van der Waals surface area contributed by atoms with Crippen LogP contribution in [0.4, 0.5) is 4.79 Å². The van der Waals surface area contributed by atoms with Crippen molar-refractivity contribution in [3.05, 3.63) is 0 Å². The van der Waals surface area contributed by atoms with Crippen molar-refractivity contribution in [3.8, 4) is 0 Å². The van der Waals surface area contributed by atoms with Crippen LogP contribution in [0.2, 0.25) is 0 Å². The second kappa shape index (κ2) is 11.0. The first kappa shape index (κ1) is 26.4. The van der Waals surface area contributed by atoms with Crippen LogP contribution in [0.1, 0.15) is 52.9 Å². The Balaban J connectivity index is 1.44. The Morgan fingerprint density at radius 2 is 1.74 bits per heavy atom. The molecule has 34 heavy (non-hydrogen) atoms. The topological polar surface area (TPSA) is 111 Å². The number of hydrogen-bond donors (Lipinski definition) is 2. The maximum atomic E-state index is 13.2. The number of piperazine rings is 1. The number of carbonyl (C=O) groups is 4. The van der Waals surface area contributed by atoms with Gasteiger partial charge in [0, 0.05) is 46.4 Å². The molecule has 192 valence electrons. The van der Waals surface area contributed by atoms with E-state index in [4.69, 9.17) is 4.74 Å². The molecule has 0 bridgehead atoms. The highest BCUT2D eigenvalue weighted by Crippen LogP contribution is 2.43. The molecule has 0 atom stereocenters. The SMILES string of the molecule is COCCCNC(=O)CN1CCN(C(=O)CN2C(=O)NC3(CCC(C(C)(C)C)CC3)C2=O)CC1. The van der Waals surface area contributed by atoms with Gasteiger partial charge in [0.05, 0.1) is 6.54 Å². The van der Waals surface area contributed by atoms with E-state index in [1.807, 2.05) is 4.90 Å². The number of urea groups is 1. The summed E-state index contributed by atoms with van der Waals surface area (Å²) in [4.78, 5) is 55.5.